The second-order valence-electron chi connectivity index (χ2n) is 23.5. The van der Waals surface area contributed by atoms with Crippen molar-refractivity contribution in [3.05, 3.63) is 133 Å². The van der Waals surface area contributed by atoms with Gasteiger partial charge >= 0.3 is 0 Å². The third kappa shape index (κ3) is 18.1. The Bertz CT molecular complexity index is 3120. The first-order valence-corrected chi connectivity index (χ1v) is 30.9. The topological polar surface area (TPSA) is 347 Å². The summed E-state index contributed by atoms with van der Waals surface area (Å²) in [5, 5.41) is 84.7. The van der Waals surface area contributed by atoms with Gasteiger partial charge < -0.3 is 81.2 Å². The molecule has 0 aliphatic carbocycles. The number of ether oxygens (including phenoxy) is 3. The summed E-state index contributed by atoms with van der Waals surface area (Å²) in [6.45, 7) is 14.3. The van der Waals surface area contributed by atoms with E-state index in [0.717, 1.165) is 57.1 Å². The lowest BCUT2D eigenvalue weighted by atomic mass is 9.88. The fourth-order valence-corrected chi connectivity index (χ4v) is 11.4. The van der Waals surface area contributed by atoms with Crippen molar-refractivity contribution >= 4 is 41.4 Å². The number of nitrogens with one attached hydrogen (secondary N) is 6. The Hall–Kier alpha value is -8.07. The predicted molar refractivity (Wildman–Crippen MR) is 338 cm³/mol. The van der Waals surface area contributed by atoms with Gasteiger partial charge in [-0.3, -0.25) is 38.9 Å². The smallest absolute Gasteiger partial charge is 0.251 e. The van der Waals surface area contributed by atoms with E-state index in [1.165, 1.54) is 50.5 Å². The minimum atomic E-state index is -2.03. The van der Waals surface area contributed by atoms with Crippen LogP contribution in [0.5, 0.6) is 11.5 Å². The number of hydrogen-bond donors (Lipinski definition) is 12. The number of carbonyl (C=O) groups excluding carboxylic acids is 7. The van der Waals surface area contributed by atoms with Crippen LogP contribution in [0.2, 0.25) is 0 Å². The molecule has 492 valence electrons. The lowest BCUT2D eigenvalue weighted by Gasteiger charge is -2.35. The average Bonchev–Trinajstić information content (AvgIpc) is 1.84. The summed E-state index contributed by atoms with van der Waals surface area (Å²) >= 11 is 0. The van der Waals surface area contributed by atoms with Gasteiger partial charge in [0.25, 0.3) is 5.91 Å². The fraction of sp³-hybridized carbons (Fsp3) is 0.478. The molecule has 91 heavy (non-hydrogen) atoms. The molecule has 7 unspecified atom stereocenters. The van der Waals surface area contributed by atoms with Crippen LogP contribution in [-0.4, -0.2) is 208 Å². The van der Waals surface area contributed by atoms with E-state index in [2.05, 4.69) is 52.0 Å². The maximum Gasteiger partial charge on any atom is 0.251 e. The van der Waals surface area contributed by atoms with E-state index in [-0.39, 0.29) is 44.2 Å². The van der Waals surface area contributed by atoms with Crippen molar-refractivity contribution < 1.29 is 78.4 Å². The molecule has 24 heteroatoms. The minimum absolute atomic E-state index is 0.000594. The number of aromatic hydroxyl groups is 1. The Balaban J connectivity index is 1.25. The van der Waals surface area contributed by atoms with E-state index < -0.39 is 151 Å². The number of phenolic OH excluding ortho intramolecular Hbond substituents is 1. The van der Waals surface area contributed by atoms with Crippen molar-refractivity contribution in [2.45, 2.75) is 139 Å². The summed E-state index contributed by atoms with van der Waals surface area (Å²) in [5.41, 5.74) is 3.97. The van der Waals surface area contributed by atoms with Gasteiger partial charge in [0, 0.05) is 62.9 Å². The largest absolute Gasteiger partial charge is 0.508 e. The van der Waals surface area contributed by atoms with Gasteiger partial charge in [-0.2, -0.15) is 0 Å². The number of carbonyl (C=O) groups is 7. The van der Waals surface area contributed by atoms with Gasteiger partial charge in [0.1, 0.15) is 53.9 Å². The molecule has 12 N–H and O–H groups in total. The zero-order valence-corrected chi connectivity index (χ0v) is 52.1. The minimum Gasteiger partial charge on any atom is -0.508 e. The zero-order valence-electron chi connectivity index (χ0n) is 52.1. The number of benzene rings is 4. The first-order chi connectivity index (χ1) is 43.6. The normalized spacial score (nSPS) is 25.9. The Kier molecular flexibility index (Phi) is 25.8. The summed E-state index contributed by atoms with van der Waals surface area (Å²) in [4.78, 5) is 106. The van der Waals surface area contributed by atoms with Crippen LogP contribution in [-0.2, 0) is 38.2 Å². The van der Waals surface area contributed by atoms with E-state index in [4.69, 9.17) is 14.2 Å². The molecular formula is C67H88N8O16. The standard InChI is InChI=1S/C67H88N8O16/c1-8-11-12-30-91-49-27-23-44(24-28-49)42-15-13-41(14-16-42)43-17-19-46(20-18-43)61(82)69-51-35-53(79)60(68-29-31-90-33-32-89-7)73-65(86)57-58(80)39(5)36-75(57)67(88)55(40(6)76)71-64(85)56(59(81)50(10-3)45-21-25-47(77)26-22-45)72-63(84)52-34-48(78)37-74(52)66(87)54(38(4)9-2)70-62(51)83/h9-10,13-28,38-40,48,50-60,68,76-81H,2-3,8,11-12,29-37H2,1,4-7H3,(H,69,82)(H,70,83)(H,71,85)(H,72,84)(H,73,86)/t38-,39-,40+,48+,50-,51?,52?,53+,54?,55?,56?,57?,58-,59+,60?/m0/s1. The number of nitrogens with zero attached hydrogens (tertiary/aromatic N) is 2. The number of hydrogen-bond acceptors (Lipinski definition) is 17. The molecule has 24 nitrogen and oxygen atoms in total. The van der Waals surface area contributed by atoms with Gasteiger partial charge in [-0.25, -0.2) is 0 Å². The van der Waals surface area contributed by atoms with Crippen LogP contribution < -0.4 is 36.6 Å². The van der Waals surface area contributed by atoms with Gasteiger partial charge in [-0.05, 0) is 77.6 Å². The van der Waals surface area contributed by atoms with Crippen molar-refractivity contribution in [2.24, 2.45) is 11.8 Å². The Morgan fingerprint density at radius 2 is 1.27 bits per heavy atom. The van der Waals surface area contributed by atoms with Gasteiger partial charge in [0.05, 0.1) is 56.9 Å². The number of rotatable bonds is 23. The Morgan fingerprint density at radius 1 is 0.681 bits per heavy atom. The van der Waals surface area contributed by atoms with Crippen molar-refractivity contribution in [3.63, 3.8) is 0 Å². The molecule has 7 rings (SSSR count). The predicted octanol–water partition coefficient (Wildman–Crippen LogP) is 2.01. The molecule has 15 atom stereocenters. The van der Waals surface area contributed by atoms with Gasteiger partial charge in [0.2, 0.25) is 35.4 Å². The number of amides is 7. The van der Waals surface area contributed by atoms with Crippen LogP contribution in [0.15, 0.2) is 122 Å². The zero-order chi connectivity index (χ0) is 66.1. The highest BCUT2D eigenvalue weighted by Gasteiger charge is 2.50. The molecule has 3 fully saturated rings. The first-order valence-electron chi connectivity index (χ1n) is 30.9. The lowest BCUT2D eigenvalue weighted by Crippen LogP contribution is -2.64. The second-order valence-corrected chi connectivity index (χ2v) is 23.5. The SMILES string of the molecule is C=C[C@H](C)C1NC(=O)C(NC(=O)c2ccc(-c3ccc(-c4ccc(OCCCCC)cc4)cc3)cc2)C[C@@H](O)C(NCCOCCOC)NC(=O)C2[C@@H](O)[C@@H](C)CN2C(=O)C([C@@H](C)O)NC(=O)C([C@H](O)[C@@H](C=C)c2ccc(O)cc2)NC(=O)C2C[C@@H](O)CN2C1=O. The molecule has 3 saturated heterocycles. The van der Waals surface area contributed by atoms with E-state index in [9.17, 15) is 54.6 Å². The molecule has 3 heterocycles. The number of phenols is 1. The molecule has 4 aromatic carbocycles. The fourth-order valence-electron chi connectivity index (χ4n) is 11.4. The van der Waals surface area contributed by atoms with Crippen LogP contribution in [0.1, 0.15) is 81.6 Å². The van der Waals surface area contributed by atoms with Crippen molar-refractivity contribution in [3.8, 4) is 33.8 Å². The Labute approximate surface area is 530 Å². The summed E-state index contributed by atoms with van der Waals surface area (Å²) in [6, 6.07) is 17.2. The van der Waals surface area contributed by atoms with Crippen molar-refractivity contribution in [1.82, 2.24) is 41.7 Å². The van der Waals surface area contributed by atoms with E-state index in [1.807, 2.05) is 48.5 Å². The molecule has 0 saturated carbocycles. The summed E-state index contributed by atoms with van der Waals surface area (Å²) < 4.78 is 16.6. The third-order valence-corrected chi connectivity index (χ3v) is 16.9. The molecule has 0 aromatic heterocycles. The molecular weight excluding hydrogens is 1170 g/mol. The number of fused-ring (bicyclic) bond motifs is 2. The van der Waals surface area contributed by atoms with E-state index in [1.54, 1.807) is 38.1 Å². The highest BCUT2D eigenvalue weighted by molar-refractivity contribution is 6.00. The molecule has 0 radical (unpaired) electrons. The maximum atomic E-state index is 15.0. The lowest BCUT2D eigenvalue weighted by molar-refractivity contribution is -0.147. The summed E-state index contributed by atoms with van der Waals surface area (Å²) in [5.74, 6) is -9.35. The van der Waals surface area contributed by atoms with Crippen LogP contribution >= 0.6 is 0 Å². The number of unbranched alkanes of at least 4 members (excludes halogenated alkanes) is 2. The summed E-state index contributed by atoms with van der Waals surface area (Å²) in [7, 11) is 1.49. The monoisotopic (exact) mass is 1260 g/mol. The number of methoxy groups -OCH3 is 1. The maximum absolute atomic E-state index is 15.0. The summed E-state index contributed by atoms with van der Waals surface area (Å²) in [6.07, 6.45) is -5.15. The van der Waals surface area contributed by atoms with E-state index >= 15 is 9.59 Å². The number of aliphatic hydroxyl groups excluding tert-OH is 5. The molecule has 3 aliphatic heterocycles. The molecule has 3 aliphatic rings. The van der Waals surface area contributed by atoms with Crippen LogP contribution in [0.3, 0.4) is 0 Å². The molecule has 4 aromatic rings. The van der Waals surface area contributed by atoms with Gasteiger partial charge in [-0.15, -0.1) is 13.2 Å². The third-order valence-electron chi connectivity index (χ3n) is 16.9. The Morgan fingerprint density at radius 3 is 1.87 bits per heavy atom. The first kappa shape index (κ1) is 70.4. The quantitative estimate of drug-likeness (QED) is 0.0373. The highest BCUT2D eigenvalue weighted by atomic mass is 16.5. The van der Waals surface area contributed by atoms with Crippen LogP contribution in [0, 0.1) is 11.8 Å². The molecule has 7 amide bonds. The molecule has 0 bridgehead atoms. The second kappa shape index (κ2) is 33.3. The van der Waals surface area contributed by atoms with Crippen LogP contribution in [0.25, 0.3) is 22.3 Å². The van der Waals surface area contributed by atoms with Crippen molar-refractivity contribution in [1.29, 1.82) is 0 Å². The van der Waals surface area contributed by atoms with Crippen LogP contribution in [0.4, 0.5) is 0 Å². The van der Waals surface area contributed by atoms with Crippen molar-refractivity contribution in [2.75, 3.05) is 53.2 Å². The number of aliphatic hydroxyl groups is 5. The average molecular weight is 1260 g/mol. The molecule has 0 spiro atoms. The van der Waals surface area contributed by atoms with Gasteiger partial charge in [-0.1, -0.05) is 106 Å². The highest BCUT2D eigenvalue weighted by Crippen LogP contribution is 2.31. The van der Waals surface area contributed by atoms with E-state index in [0.29, 0.717) is 12.2 Å². The van der Waals surface area contributed by atoms with Gasteiger partial charge in [0.15, 0.2) is 0 Å².